The second kappa shape index (κ2) is 6.95. The molecule has 0 aliphatic carbocycles. The Hall–Kier alpha value is -3.42. The number of carbonyl (C=O) groups excluding carboxylic acids is 2. The monoisotopic (exact) mass is 384 g/mol. The summed E-state index contributed by atoms with van der Waals surface area (Å²) in [6.07, 6.45) is -0.940. The van der Waals surface area contributed by atoms with E-state index >= 15 is 0 Å². The fourth-order valence-corrected chi connectivity index (χ4v) is 3.09. The topological polar surface area (TPSA) is 91.9 Å². The van der Waals surface area contributed by atoms with Gasteiger partial charge in [-0.25, -0.2) is 4.79 Å². The Kier molecular flexibility index (Phi) is 4.46. The summed E-state index contributed by atoms with van der Waals surface area (Å²) in [6, 6.07) is 8.89. The zero-order chi connectivity index (χ0) is 19.8. The van der Waals surface area contributed by atoms with Crippen LogP contribution in [0.5, 0.6) is 11.5 Å². The van der Waals surface area contributed by atoms with Gasteiger partial charge in [-0.1, -0.05) is 6.07 Å². The molecule has 2 aromatic heterocycles. The average Bonchev–Trinajstić information content (AvgIpc) is 3.35. The molecule has 146 valence electrons. The van der Waals surface area contributed by atoms with Crippen molar-refractivity contribution in [2.45, 2.75) is 26.5 Å². The Morgan fingerprint density at radius 2 is 2.00 bits per heavy atom. The highest BCUT2D eigenvalue weighted by atomic mass is 16.7. The molecule has 4 rings (SSSR count). The summed E-state index contributed by atoms with van der Waals surface area (Å²) in [7, 11) is 1.75. The van der Waals surface area contributed by atoms with Crippen LogP contribution in [0.3, 0.4) is 0 Å². The average molecular weight is 384 g/mol. The zero-order valence-electron chi connectivity index (χ0n) is 15.8. The van der Waals surface area contributed by atoms with Crippen molar-refractivity contribution in [3.05, 3.63) is 47.3 Å². The van der Waals surface area contributed by atoms with Gasteiger partial charge in [0.2, 0.25) is 6.79 Å². The SMILES string of the molecule is Cc1cc2c(cc(C(=O)O[C@H](C)C(=O)NCc3ccc4c(c3)OCO4)n2C)o1. The van der Waals surface area contributed by atoms with Crippen LogP contribution in [-0.4, -0.2) is 29.3 Å². The van der Waals surface area contributed by atoms with Crippen molar-refractivity contribution >= 4 is 23.0 Å². The third kappa shape index (κ3) is 3.28. The summed E-state index contributed by atoms with van der Waals surface area (Å²) in [5, 5.41) is 2.75. The number of hydrogen-bond acceptors (Lipinski definition) is 6. The van der Waals surface area contributed by atoms with Crippen molar-refractivity contribution in [2.24, 2.45) is 7.05 Å². The van der Waals surface area contributed by atoms with Crippen LogP contribution in [0.2, 0.25) is 0 Å². The quantitative estimate of drug-likeness (QED) is 0.680. The van der Waals surface area contributed by atoms with Gasteiger partial charge < -0.3 is 28.5 Å². The van der Waals surface area contributed by atoms with Gasteiger partial charge in [0.15, 0.2) is 23.2 Å². The summed E-state index contributed by atoms with van der Waals surface area (Å²) in [6.45, 7) is 3.85. The van der Waals surface area contributed by atoms with Crippen molar-refractivity contribution in [1.29, 1.82) is 0 Å². The van der Waals surface area contributed by atoms with E-state index in [9.17, 15) is 9.59 Å². The third-order valence-electron chi connectivity index (χ3n) is 4.62. The molecule has 1 atom stereocenters. The van der Waals surface area contributed by atoms with Gasteiger partial charge in [0.25, 0.3) is 5.91 Å². The number of aromatic nitrogens is 1. The molecule has 1 aliphatic rings. The van der Waals surface area contributed by atoms with Crippen LogP contribution in [0.1, 0.15) is 28.7 Å². The van der Waals surface area contributed by atoms with E-state index in [2.05, 4.69) is 5.32 Å². The van der Waals surface area contributed by atoms with Crippen LogP contribution in [0, 0.1) is 6.92 Å². The van der Waals surface area contributed by atoms with Gasteiger partial charge in [0.05, 0.1) is 5.52 Å². The van der Waals surface area contributed by atoms with Crippen molar-refractivity contribution in [2.75, 3.05) is 6.79 Å². The molecule has 8 heteroatoms. The summed E-state index contributed by atoms with van der Waals surface area (Å²) in [5.74, 6) is 1.11. The molecule has 0 saturated carbocycles. The molecule has 1 aromatic carbocycles. The molecule has 3 heterocycles. The number of carbonyl (C=O) groups is 2. The smallest absolute Gasteiger partial charge is 0.355 e. The van der Waals surface area contributed by atoms with Gasteiger partial charge in [-0.2, -0.15) is 0 Å². The highest BCUT2D eigenvalue weighted by Gasteiger charge is 2.23. The number of nitrogens with zero attached hydrogens (tertiary/aromatic N) is 1. The van der Waals surface area contributed by atoms with Crippen LogP contribution in [0.15, 0.2) is 34.7 Å². The molecule has 0 fully saturated rings. The van der Waals surface area contributed by atoms with Gasteiger partial charge in [-0.3, -0.25) is 4.79 Å². The van der Waals surface area contributed by atoms with E-state index in [1.54, 1.807) is 29.8 Å². The number of rotatable bonds is 5. The molecular formula is C20H20N2O6. The maximum atomic E-state index is 12.4. The number of esters is 1. The van der Waals surface area contributed by atoms with E-state index in [1.165, 1.54) is 6.92 Å². The Morgan fingerprint density at radius 3 is 2.79 bits per heavy atom. The number of benzene rings is 1. The molecular weight excluding hydrogens is 364 g/mol. The molecule has 0 spiro atoms. The number of nitrogens with one attached hydrogen (secondary N) is 1. The normalized spacial score (nSPS) is 13.5. The van der Waals surface area contributed by atoms with Crippen molar-refractivity contribution in [3.63, 3.8) is 0 Å². The third-order valence-corrected chi connectivity index (χ3v) is 4.62. The van der Waals surface area contributed by atoms with Gasteiger partial charge in [-0.15, -0.1) is 0 Å². The lowest BCUT2D eigenvalue weighted by molar-refractivity contribution is -0.129. The molecule has 8 nitrogen and oxygen atoms in total. The molecule has 0 saturated heterocycles. The minimum absolute atomic E-state index is 0.196. The molecule has 0 bridgehead atoms. The standard InChI is InChI=1S/C20H20N2O6/c1-11-6-14-17(27-11)8-15(22(14)3)20(24)28-12(2)19(23)21-9-13-4-5-16-18(7-13)26-10-25-16/h4-8,12H,9-10H2,1-3H3,(H,21,23)/t12-/m1/s1. The van der Waals surface area contributed by atoms with Crippen LogP contribution in [0.25, 0.3) is 11.1 Å². The Balaban J connectivity index is 1.36. The molecule has 28 heavy (non-hydrogen) atoms. The van der Waals surface area contributed by atoms with E-state index in [0.717, 1.165) is 16.8 Å². The lowest BCUT2D eigenvalue weighted by Gasteiger charge is -2.14. The predicted octanol–water partition coefficient (Wildman–Crippen LogP) is 2.67. The van der Waals surface area contributed by atoms with Gasteiger partial charge in [0.1, 0.15) is 11.5 Å². The minimum Gasteiger partial charge on any atom is -0.460 e. The van der Waals surface area contributed by atoms with Crippen molar-refractivity contribution < 1.29 is 28.2 Å². The summed E-state index contributed by atoms with van der Waals surface area (Å²) in [4.78, 5) is 24.7. The maximum Gasteiger partial charge on any atom is 0.355 e. The Labute approximate surface area is 161 Å². The van der Waals surface area contributed by atoms with Crippen LogP contribution in [0.4, 0.5) is 0 Å². The predicted molar refractivity (Wildman–Crippen MR) is 99.2 cm³/mol. The van der Waals surface area contributed by atoms with Crippen molar-refractivity contribution in [1.82, 2.24) is 9.88 Å². The number of fused-ring (bicyclic) bond motifs is 2. The molecule has 0 unspecified atom stereocenters. The number of furan rings is 1. The second-order valence-electron chi connectivity index (χ2n) is 6.65. The lowest BCUT2D eigenvalue weighted by Crippen LogP contribution is -2.35. The van der Waals surface area contributed by atoms with Gasteiger partial charge >= 0.3 is 5.97 Å². The van der Waals surface area contributed by atoms with E-state index in [4.69, 9.17) is 18.6 Å². The number of ether oxygens (including phenoxy) is 3. The fourth-order valence-electron chi connectivity index (χ4n) is 3.09. The maximum absolute atomic E-state index is 12.4. The molecule has 0 radical (unpaired) electrons. The summed E-state index contributed by atoms with van der Waals surface area (Å²) < 4.78 is 23.1. The van der Waals surface area contributed by atoms with Crippen LogP contribution < -0.4 is 14.8 Å². The number of hydrogen-bond donors (Lipinski definition) is 1. The highest BCUT2D eigenvalue weighted by molar-refractivity contribution is 5.95. The van der Waals surface area contributed by atoms with Crippen molar-refractivity contribution in [3.8, 4) is 11.5 Å². The van der Waals surface area contributed by atoms with E-state index in [-0.39, 0.29) is 19.2 Å². The van der Waals surface area contributed by atoms with Crippen LogP contribution in [-0.2, 0) is 23.1 Å². The largest absolute Gasteiger partial charge is 0.460 e. The molecule has 1 aliphatic heterocycles. The first-order chi connectivity index (χ1) is 13.4. The minimum atomic E-state index is -0.940. The Bertz CT molecular complexity index is 1060. The van der Waals surface area contributed by atoms with Crippen LogP contribution >= 0.6 is 0 Å². The molecule has 1 N–H and O–H groups in total. The first-order valence-electron chi connectivity index (χ1n) is 8.85. The number of aryl methyl sites for hydroxylation is 2. The zero-order valence-corrected chi connectivity index (χ0v) is 15.8. The summed E-state index contributed by atoms with van der Waals surface area (Å²) in [5.41, 5.74) is 2.58. The molecule has 1 amide bonds. The molecule has 3 aromatic rings. The fraction of sp³-hybridized carbons (Fsp3) is 0.300. The number of amides is 1. The second-order valence-corrected chi connectivity index (χ2v) is 6.65. The highest BCUT2D eigenvalue weighted by Crippen LogP contribution is 2.32. The van der Waals surface area contributed by atoms with E-state index in [0.29, 0.717) is 22.8 Å². The lowest BCUT2D eigenvalue weighted by atomic mass is 10.2. The van der Waals surface area contributed by atoms with E-state index in [1.807, 2.05) is 19.1 Å². The first-order valence-corrected chi connectivity index (χ1v) is 8.85. The van der Waals surface area contributed by atoms with Gasteiger partial charge in [0, 0.05) is 25.7 Å². The van der Waals surface area contributed by atoms with E-state index < -0.39 is 12.1 Å². The van der Waals surface area contributed by atoms with Gasteiger partial charge in [-0.05, 0) is 31.5 Å². The summed E-state index contributed by atoms with van der Waals surface area (Å²) >= 11 is 0. The first kappa shape index (κ1) is 18.0. The Morgan fingerprint density at radius 1 is 1.21 bits per heavy atom.